The van der Waals surface area contributed by atoms with Gasteiger partial charge in [-0.1, -0.05) is 19.9 Å². The van der Waals surface area contributed by atoms with Crippen molar-refractivity contribution in [3.63, 3.8) is 0 Å². The molecule has 88 valence electrons. The van der Waals surface area contributed by atoms with Crippen molar-refractivity contribution in [3.8, 4) is 0 Å². The van der Waals surface area contributed by atoms with Crippen LogP contribution in [0.5, 0.6) is 0 Å². The molecule has 1 saturated carbocycles. The molecule has 3 heteroatoms. The number of ketones is 1. The van der Waals surface area contributed by atoms with Crippen LogP contribution in [0, 0.1) is 5.92 Å². The predicted octanol–water partition coefficient (Wildman–Crippen LogP) is 2.29. The molecule has 0 aromatic heterocycles. The van der Waals surface area contributed by atoms with Gasteiger partial charge in [0.1, 0.15) is 6.10 Å². The molecular weight excluding hydrogens is 192 g/mol. The summed E-state index contributed by atoms with van der Waals surface area (Å²) in [6.07, 6.45) is 2.45. The monoisotopic (exact) mass is 214 g/mol. The van der Waals surface area contributed by atoms with E-state index in [9.17, 15) is 9.90 Å². The first kappa shape index (κ1) is 14.3. The van der Waals surface area contributed by atoms with E-state index in [4.69, 9.17) is 4.74 Å². The Kier molecular flexibility index (Phi) is 5.76. The average molecular weight is 214 g/mol. The first-order valence-corrected chi connectivity index (χ1v) is 5.48. The summed E-state index contributed by atoms with van der Waals surface area (Å²) < 4.78 is 5.20. The predicted molar refractivity (Wildman–Crippen MR) is 60.4 cm³/mol. The number of allylic oxidation sites excluding steroid dienone is 1. The van der Waals surface area contributed by atoms with Crippen molar-refractivity contribution in [3.05, 3.63) is 12.7 Å². The van der Waals surface area contributed by atoms with Gasteiger partial charge in [-0.3, -0.25) is 4.79 Å². The van der Waals surface area contributed by atoms with Gasteiger partial charge < -0.3 is 9.84 Å². The second-order valence-electron chi connectivity index (χ2n) is 3.96. The molecule has 1 fully saturated rings. The molecule has 0 bridgehead atoms. The summed E-state index contributed by atoms with van der Waals surface area (Å²) in [6, 6.07) is 0. The number of ether oxygens (including phenoxy) is 1. The fourth-order valence-electron chi connectivity index (χ4n) is 1.52. The van der Waals surface area contributed by atoms with Crippen LogP contribution in [0.25, 0.3) is 0 Å². The van der Waals surface area contributed by atoms with E-state index in [-0.39, 0.29) is 11.7 Å². The lowest BCUT2D eigenvalue weighted by Crippen LogP contribution is -2.32. The third kappa shape index (κ3) is 5.09. The number of carbonyl (C=O) groups excluding carboxylic acids is 1. The van der Waals surface area contributed by atoms with Gasteiger partial charge in [0.2, 0.25) is 0 Å². The van der Waals surface area contributed by atoms with Gasteiger partial charge in [0.05, 0.1) is 0 Å². The topological polar surface area (TPSA) is 46.5 Å². The SMILES string of the molecule is C=C[C@H]1CC(=O)[C@H](OC(C)(C)O)C1.CC. The van der Waals surface area contributed by atoms with Crippen molar-refractivity contribution in [2.45, 2.75) is 52.4 Å². The molecular formula is C12H22O3. The van der Waals surface area contributed by atoms with Gasteiger partial charge in [-0.2, -0.15) is 0 Å². The zero-order chi connectivity index (χ0) is 12.1. The lowest BCUT2D eigenvalue weighted by Gasteiger charge is -2.22. The molecule has 1 aliphatic rings. The molecule has 0 amide bonds. The normalized spacial score (nSPS) is 25.8. The van der Waals surface area contributed by atoms with E-state index in [2.05, 4.69) is 6.58 Å². The Morgan fingerprint density at radius 2 is 2.07 bits per heavy atom. The minimum absolute atomic E-state index is 0.0621. The Balaban J connectivity index is 0.000000921. The first-order valence-electron chi connectivity index (χ1n) is 5.48. The van der Waals surface area contributed by atoms with Crippen molar-refractivity contribution in [2.75, 3.05) is 0 Å². The van der Waals surface area contributed by atoms with Crippen LogP contribution in [0.4, 0.5) is 0 Å². The Labute approximate surface area is 92.1 Å². The highest BCUT2D eigenvalue weighted by molar-refractivity contribution is 5.85. The molecule has 0 aliphatic heterocycles. The molecule has 0 spiro atoms. The molecule has 2 atom stereocenters. The summed E-state index contributed by atoms with van der Waals surface area (Å²) >= 11 is 0. The Bertz CT molecular complexity index is 215. The van der Waals surface area contributed by atoms with Crippen molar-refractivity contribution in [1.82, 2.24) is 0 Å². The largest absolute Gasteiger partial charge is 0.366 e. The van der Waals surface area contributed by atoms with Gasteiger partial charge in [0.15, 0.2) is 11.6 Å². The zero-order valence-corrected chi connectivity index (χ0v) is 10.1. The van der Waals surface area contributed by atoms with E-state index in [0.29, 0.717) is 12.8 Å². The third-order valence-electron chi connectivity index (χ3n) is 2.10. The first-order chi connectivity index (χ1) is 6.92. The number of rotatable bonds is 3. The minimum atomic E-state index is -1.23. The van der Waals surface area contributed by atoms with Gasteiger partial charge in [-0.05, 0) is 26.2 Å². The summed E-state index contributed by atoms with van der Waals surface area (Å²) in [5, 5.41) is 9.35. The number of Topliss-reactive ketones (excluding diaryl/α,β-unsaturated/α-hetero) is 1. The van der Waals surface area contributed by atoms with Crippen molar-refractivity contribution in [2.24, 2.45) is 5.92 Å². The molecule has 1 rings (SSSR count). The highest BCUT2D eigenvalue weighted by Crippen LogP contribution is 2.27. The molecule has 0 heterocycles. The van der Waals surface area contributed by atoms with Crippen LogP contribution in [0.1, 0.15) is 40.5 Å². The lowest BCUT2D eigenvalue weighted by molar-refractivity contribution is -0.203. The Morgan fingerprint density at radius 3 is 2.40 bits per heavy atom. The van der Waals surface area contributed by atoms with Crippen LogP contribution in [0.2, 0.25) is 0 Å². The molecule has 3 nitrogen and oxygen atoms in total. The highest BCUT2D eigenvalue weighted by Gasteiger charge is 2.34. The van der Waals surface area contributed by atoms with Crippen LogP contribution in [-0.4, -0.2) is 22.8 Å². The van der Waals surface area contributed by atoms with Crippen LogP contribution in [-0.2, 0) is 9.53 Å². The maximum atomic E-state index is 11.3. The average Bonchev–Trinajstić information content (AvgIpc) is 2.48. The molecule has 0 unspecified atom stereocenters. The molecule has 0 aromatic rings. The minimum Gasteiger partial charge on any atom is -0.366 e. The Hall–Kier alpha value is -0.670. The summed E-state index contributed by atoms with van der Waals surface area (Å²) in [5.74, 6) is -0.956. The summed E-state index contributed by atoms with van der Waals surface area (Å²) in [7, 11) is 0. The van der Waals surface area contributed by atoms with Crippen LogP contribution in [0.15, 0.2) is 12.7 Å². The molecule has 1 aliphatic carbocycles. The molecule has 0 aromatic carbocycles. The van der Waals surface area contributed by atoms with Crippen molar-refractivity contribution >= 4 is 5.78 Å². The van der Waals surface area contributed by atoms with Gasteiger partial charge in [-0.15, -0.1) is 6.58 Å². The van der Waals surface area contributed by atoms with Crippen molar-refractivity contribution in [1.29, 1.82) is 0 Å². The van der Waals surface area contributed by atoms with Crippen LogP contribution >= 0.6 is 0 Å². The van der Waals surface area contributed by atoms with Gasteiger partial charge >= 0.3 is 0 Å². The molecule has 0 radical (unpaired) electrons. The van der Waals surface area contributed by atoms with E-state index in [1.807, 2.05) is 13.8 Å². The lowest BCUT2D eigenvalue weighted by atomic mass is 10.1. The molecule has 0 saturated heterocycles. The van der Waals surface area contributed by atoms with Gasteiger partial charge in [-0.25, -0.2) is 0 Å². The third-order valence-corrected chi connectivity index (χ3v) is 2.10. The molecule has 15 heavy (non-hydrogen) atoms. The maximum Gasteiger partial charge on any atom is 0.162 e. The van der Waals surface area contributed by atoms with E-state index in [0.717, 1.165) is 0 Å². The smallest absolute Gasteiger partial charge is 0.162 e. The van der Waals surface area contributed by atoms with E-state index in [1.54, 1.807) is 6.08 Å². The maximum absolute atomic E-state index is 11.3. The number of hydrogen-bond acceptors (Lipinski definition) is 3. The van der Waals surface area contributed by atoms with Gasteiger partial charge in [0, 0.05) is 6.42 Å². The Morgan fingerprint density at radius 1 is 1.53 bits per heavy atom. The van der Waals surface area contributed by atoms with E-state index < -0.39 is 11.9 Å². The highest BCUT2D eigenvalue weighted by atomic mass is 16.6. The number of aliphatic hydroxyl groups is 1. The number of carbonyl (C=O) groups is 1. The summed E-state index contributed by atoms with van der Waals surface area (Å²) in [5.41, 5.74) is 0. The van der Waals surface area contributed by atoms with Crippen LogP contribution in [0.3, 0.4) is 0 Å². The van der Waals surface area contributed by atoms with Gasteiger partial charge in [0.25, 0.3) is 0 Å². The van der Waals surface area contributed by atoms with Crippen LogP contribution < -0.4 is 0 Å². The van der Waals surface area contributed by atoms with E-state index in [1.165, 1.54) is 13.8 Å². The fraction of sp³-hybridized carbons (Fsp3) is 0.750. The zero-order valence-electron chi connectivity index (χ0n) is 10.1. The summed E-state index contributed by atoms with van der Waals surface area (Å²) in [6.45, 7) is 10.7. The summed E-state index contributed by atoms with van der Waals surface area (Å²) in [4.78, 5) is 11.3. The second-order valence-corrected chi connectivity index (χ2v) is 3.96. The molecule has 1 N–H and O–H groups in total. The standard InChI is InChI=1S/C10H16O3.C2H6/c1-4-7-5-8(11)9(6-7)13-10(2,3)12;1-2/h4,7,9,12H,1,5-6H2,2-3H3;1-2H3/t7-,9+;/m0./s1. The fourth-order valence-corrected chi connectivity index (χ4v) is 1.52. The quantitative estimate of drug-likeness (QED) is 0.579. The van der Waals surface area contributed by atoms with E-state index >= 15 is 0 Å². The number of hydrogen-bond donors (Lipinski definition) is 1. The second kappa shape index (κ2) is 6.03. The van der Waals surface area contributed by atoms with Crippen molar-refractivity contribution < 1.29 is 14.6 Å².